The zero-order valence-electron chi connectivity index (χ0n) is 4.96. The third-order valence-electron chi connectivity index (χ3n) is 1.13. The van der Waals surface area contributed by atoms with Gasteiger partial charge in [-0.3, -0.25) is 5.73 Å². The fourth-order valence-corrected chi connectivity index (χ4v) is 0.587. The van der Waals surface area contributed by atoms with E-state index < -0.39 is 5.66 Å². The van der Waals surface area contributed by atoms with Crippen LogP contribution in [-0.2, 0) is 0 Å². The van der Waals surface area contributed by atoms with Crippen molar-refractivity contribution < 1.29 is 0 Å². The van der Waals surface area contributed by atoms with E-state index in [1.807, 2.05) is 12.2 Å². The second kappa shape index (κ2) is 1.96. The van der Waals surface area contributed by atoms with E-state index in [0.29, 0.717) is 0 Å². The van der Waals surface area contributed by atoms with Crippen LogP contribution < -0.4 is 11.1 Å². The third-order valence-corrected chi connectivity index (χ3v) is 1.13. The Balaban J connectivity index is 2.77. The Morgan fingerprint density at radius 3 is 2.67 bits per heavy atom. The van der Waals surface area contributed by atoms with Gasteiger partial charge in [0.05, 0.1) is 0 Å². The van der Waals surface area contributed by atoms with Gasteiger partial charge in [0.2, 0.25) is 0 Å². The zero-order valence-corrected chi connectivity index (χ0v) is 4.96. The maximum Gasteiger partial charge on any atom is 0.168 e. The lowest BCUT2D eigenvalue weighted by Gasteiger charge is -2.21. The summed E-state index contributed by atoms with van der Waals surface area (Å²) in [6.07, 6.45) is 12.2. The molecule has 9 heavy (non-hydrogen) atoms. The Kier molecular flexibility index (Phi) is 1.29. The van der Waals surface area contributed by atoms with Crippen molar-refractivity contribution in [3.8, 4) is 12.3 Å². The molecule has 1 unspecified atom stereocenters. The highest BCUT2D eigenvalue weighted by molar-refractivity contribution is 5.28. The van der Waals surface area contributed by atoms with Gasteiger partial charge in [-0.2, -0.15) is 0 Å². The summed E-state index contributed by atoms with van der Waals surface area (Å²) in [6, 6.07) is 0. The standard InChI is InChI=1S/C7H8N2/c1-2-7(8)5-3-4-6-9-7/h1,3-6,9H,8H2. The molecule has 0 aliphatic carbocycles. The molecule has 0 saturated heterocycles. The number of rotatable bonds is 0. The summed E-state index contributed by atoms with van der Waals surface area (Å²) in [5.41, 5.74) is 4.80. The minimum Gasteiger partial charge on any atom is -0.360 e. The monoisotopic (exact) mass is 120 g/mol. The van der Waals surface area contributed by atoms with Crippen LogP contribution in [0.3, 0.4) is 0 Å². The molecule has 1 aliphatic rings. The molecular weight excluding hydrogens is 112 g/mol. The molecule has 0 aromatic heterocycles. The molecular formula is C7H8N2. The highest BCUT2D eigenvalue weighted by Crippen LogP contribution is 2.00. The van der Waals surface area contributed by atoms with Crippen molar-refractivity contribution in [2.75, 3.05) is 0 Å². The van der Waals surface area contributed by atoms with E-state index in [-0.39, 0.29) is 0 Å². The Morgan fingerprint density at radius 1 is 1.56 bits per heavy atom. The molecule has 0 bridgehead atoms. The molecule has 0 aromatic rings. The molecule has 0 spiro atoms. The Morgan fingerprint density at radius 2 is 2.33 bits per heavy atom. The highest BCUT2D eigenvalue weighted by atomic mass is 15.1. The van der Waals surface area contributed by atoms with Gasteiger partial charge >= 0.3 is 0 Å². The Labute approximate surface area is 54.4 Å². The van der Waals surface area contributed by atoms with Gasteiger partial charge in [0, 0.05) is 0 Å². The lowest BCUT2D eigenvalue weighted by Crippen LogP contribution is -2.48. The minimum atomic E-state index is -0.769. The van der Waals surface area contributed by atoms with Gasteiger partial charge in [-0.15, -0.1) is 6.42 Å². The molecule has 0 amide bonds. The van der Waals surface area contributed by atoms with Gasteiger partial charge in [-0.05, 0) is 18.4 Å². The van der Waals surface area contributed by atoms with E-state index in [1.54, 1.807) is 12.3 Å². The first kappa shape index (κ1) is 5.93. The van der Waals surface area contributed by atoms with Crippen molar-refractivity contribution in [3.05, 3.63) is 24.4 Å². The van der Waals surface area contributed by atoms with Crippen LogP contribution in [0.15, 0.2) is 24.4 Å². The van der Waals surface area contributed by atoms with E-state index in [9.17, 15) is 0 Å². The lowest BCUT2D eigenvalue weighted by molar-refractivity contribution is 0.602. The Hall–Kier alpha value is -1.20. The van der Waals surface area contributed by atoms with Crippen molar-refractivity contribution in [2.45, 2.75) is 5.66 Å². The van der Waals surface area contributed by atoms with Gasteiger partial charge in [0.25, 0.3) is 0 Å². The quantitative estimate of drug-likeness (QED) is 0.440. The van der Waals surface area contributed by atoms with E-state index >= 15 is 0 Å². The average molecular weight is 120 g/mol. The molecule has 1 atom stereocenters. The van der Waals surface area contributed by atoms with E-state index in [2.05, 4.69) is 11.2 Å². The predicted molar refractivity (Wildman–Crippen MR) is 37.2 cm³/mol. The highest BCUT2D eigenvalue weighted by Gasteiger charge is 2.15. The van der Waals surface area contributed by atoms with Crippen molar-refractivity contribution in [2.24, 2.45) is 5.73 Å². The maximum atomic E-state index is 5.57. The van der Waals surface area contributed by atoms with Crippen molar-refractivity contribution in [1.82, 2.24) is 5.32 Å². The summed E-state index contributed by atoms with van der Waals surface area (Å²) in [4.78, 5) is 0. The van der Waals surface area contributed by atoms with Crippen molar-refractivity contribution >= 4 is 0 Å². The van der Waals surface area contributed by atoms with Crippen LogP contribution in [0, 0.1) is 12.3 Å². The summed E-state index contributed by atoms with van der Waals surface area (Å²) in [5.74, 6) is 2.41. The van der Waals surface area contributed by atoms with E-state index in [0.717, 1.165) is 0 Å². The molecule has 0 saturated carbocycles. The number of hydrogen-bond acceptors (Lipinski definition) is 2. The van der Waals surface area contributed by atoms with Gasteiger partial charge in [0.15, 0.2) is 5.66 Å². The van der Waals surface area contributed by atoms with Crippen LogP contribution in [0.2, 0.25) is 0 Å². The average Bonchev–Trinajstić information content (AvgIpc) is 1.90. The summed E-state index contributed by atoms with van der Waals surface area (Å²) in [6.45, 7) is 0. The van der Waals surface area contributed by atoms with Gasteiger partial charge in [-0.25, -0.2) is 0 Å². The SMILES string of the molecule is C#CC1(N)C=CC=CN1. The molecule has 1 aliphatic heterocycles. The van der Waals surface area contributed by atoms with Crippen LogP contribution in [-0.4, -0.2) is 5.66 Å². The number of allylic oxidation sites excluding steroid dienone is 2. The lowest BCUT2D eigenvalue weighted by atomic mass is 10.1. The first-order valence-corrected chi connectivity index (χ1v) is 2.65. The molecule has 3 N–H and O–H groups in total. The summed E-state index contributed by atoms with van der Waals surface area (Å²) in [5, 5.41) is 2.82. The van der Waals surface area contributed by atoms with Crippen LogP contribution in [0.25, 0.3) is 0 Å². The largest absolute Gasteiger partial charge is 0.360 e. The minimum absolute atomic E-state index is 0.769. The van der Waals surface area contributed by atoms with Crippen LogP contribution >= 0.6 is 0 Å². The fraction of sp³-hybridized carbons (Fsp3) is 0.143. The van der Waals surface area contributed by atoms with Crippen LogP contribution in [0.5, 0.6) is 0 Å². The van der Waals surface area contributed by atoms with Gasteiger partial charge < -0.3 is 5.32 Å². The fourth-order valence-electron chi connectivity index (χ4n) is 0.587. The first-order valence-electron chi connectivity index (χ1n) is 2.65. The summed E-state index contributed by atoms with van der Waals surface area (Å²) < 4.78 is 0. The molecule has 0 aromatic carbocycles. The molecule has 46 valence electrons. The zero-order chi connectivity index (χ0) is 6.74. The third kappa shape index (κ3) is 1.13. The first-order chi connectivity index (χ1) is 4.27. The normalized spacial score (nSPS) is 31.1. The van der Waals surface area contributed by atoms with E-state index in [4.69, 9.17) is 12.2 Å². The molecule has 2 heteroatoms. The molecule has 2 nitrogen and oxygen atoms in total. The van der Waals surface area contributed by atoms with Crippen molar-refractivity contribution in [1.29, 1.82) is 0 Å². The van der Waals surface area contributed by atoms with Gasteiger partial charge in [-0.1, -0.05) is 12.0 Å². The maximum absolute atomic E-state index is 5.57. The topological polar surface area (TPSA) is 38.0 Å². The second-order valence-electron chi connectivity index (χ2n) is 1.88. The predicted octanol–water partition coefficient (Wildman–Crippen LogP) is -0.0523. The smallest absolute Gasteiger partial charge is 0.168 e. The summed E-state index contributed by atoms with van der Waals surface area (Å²) in [7, 11) is 0. The second-order valence-corrected chi connectivity index (χ2v) is 1.88. The number of terminal acetylenes is 1. The molecule has 0 radical (unpaired) electrons. The van der Waals surface area contributed by atoms with Crippen LogP contribution in [0.1, 0.15) is 0 Å². The Bertz CT molecular complexity index is 197. The molecule has 1 heterocycles. The molecule has 1 rings (SSSR count). The van der Waals surface area contributed by atoms with E-state index in [1.165, 1.54) is 0 Å². The van der Waals surface area contributed by atoms with Gasteiger partial charge in [0.1, 0.15) is 0 Å². The molecule has 0 fully saturated rings. The number of dihydropyridines is 1. The van der Waals surface area contributed by atoms with Crippen molar-refractivity contribution in [3.63, 3.8) is 0 Å². The number of nitrogens with two attached hydrogens (primary N) is 1. The number of hydrogen-bond donors (Lipinski definition) is 2. The van der Waals surface area contributed by atoms with Crippen LogP contribution in [0.4, 0.5) is 0 Å². The summed E-state index contributed by atoms with van der Waals surface area (Å²) >= 11 is 0. The number of nitrogens with one attached hydrogen (secondary N) is 1.